The molecule has 0 amide bonds. The Labute approximate surface area is 149 Å². The predicted molar refractivity (Wildman–Crippen MR) is 92.6 cm³/mol. The summed E-state index contributed by atoms with van der Waals surface area (Å²) in [5.74, 6) is -1.49. The van der Waals surface area contributed by atoms with Gasteiger partial charge in [0, 0.05) is 28.6 Å². The number of fused-ring (bicyclic) bond motifs is 1. The average molecular weight is 371 g/mol. The summed E-state index contributed by atoms with van der Waals surface area (Å²) in [4.78, 5) is 36.7. The Morgan fingerprint density at radius 1 is 1.04 bits per heavy atom. The molecule has 1 heterocycles. The molecular formula is C16H9N3O6S. The third-order valence-corrected chi connectivity index (χ3v) is 4.67. The molecule has 0 saturated heterocycles. The second-order valence-corrected chi connectivity index (χ2v) is 6.15. The van der Waals surface area contributed by atoms with Crippen molar-refractivity contribution in [1.29, 1.82) is 0 Å². The average Bonchev–Trinajstić information content (AvgIpc) is 2.61. The highest BCUT2D eigenvalue weighted by Gasteiger charge is 2.29. The van der Waals surface area contributed by atoms with E-state index in [0.29, 0.717) is 10.4 Å². The molecule has 0 unspecified atom stereocenters. The first-order valence-corrected chi connectivity index (χ1v) is 7.92. The van der Waals surface area contributed by atoms with Crippen LogP contribution in [0.4, 0.5) is 11.4 Å². The largest absolute Gasteiger partial charge is 0.478 e. The summed E-state index contributed by atoms with van der Waals surface area (Å²) in [5, 5.41) is 32.6. The van der Waals surface area contributed by atoms with Crippen LogP contribution in [0.1, 0.15) is 10.4 Å². The smallest absolute Gasteiger partial charge is 0.336 e. The van der Waals surface area contributed by atoms with E-state index in [1.165, 1.54) is 0 Å². The molecule has 0 saturated carbocycles. The van der Waals surface area contributed by atoms with Crippen LogP contribution in [0.3, 0.4) is 0 Å². The van der Waals surface area contributed by atoms with Gasteiger partial charge in [0.05, 0.1) is 20.9 Å². The van der Waals surface area contributed by atoms with E-state index in [1.54, 1.807) is 36.5 Å². The number of carbonyl (C=O) groups is 1. The van der Waals surface area contributed by atoms with Crippen molar-refractivity contribution >= 4 is 40.0 Å². The molecule has 1 aromatic heterocycles. The van der Waals surface area contributed by atoms with E-state index >= 15 is 0 Å². The number of rotatable bonds is 5. The SMILES string of the molecule is O=C(O)c1cc([N+](=O)[O-])c(Sc2cccc3cccnc23)c([N+](=O)[O-])c1. The van der Waals surface area contributed by atoms with Gasteiger partial charge in [0.1, 0.15) is 0 Å². The zero-order valence-electron chi connectivity index (χ0n) is 12.9. The number of aromatic carboxylic acids is 1. The monoisotopic (exact) mass is 371 g/mol. The molecule has 3 rings (SSSR count). The molecule has 2 aromatic carbocycles. The minimum Gasteiger partial charge on any atom is -0.478 e. The maximum Gasteiger partial charge on any atom is 0.336 e. The van der Waals surface area contributed by atoms with Crippen molar-refractivity contribution in [3.63, 3.8) is 0 Å². The topological polar surface area (TPSA) is 136 Å². The van der Waals surface area contributed by atoms with E-state index in [9.17, 15) is 25.0 Å². The molecule has 26 heavy (non-hydrogen) atoms. The number of pyridine rings is 1. The first-order chi connectivity index (χ1) is 12.4. The number of benzene rings is 2. The van der Waals surface area contributed by atoms with Crippen LogP contribution >= 0.6 is 11.8 Å². The second kappa shape index (κ2) is 6.76. The van der Waals surface area contributed by atoms with Crippen LogP contribution in [0, 0.1) is 20.2 Å². The normalized spacial score (nSPS) is 10.6. The molecule has 0 aliphatic rings. The number of nitro groups is 2. The minimum absolute atomic E-state index is 0.247. The van der Waals surface area contributed by atoms with Crippen LogP contribution in [-0.4, -0.2) is 25.9 Å². The molecule has 0 bridgehead atoms. The number of aromatic nitrogens is 1. The van der Waals surface area contributed by atoms with E-state index in [1.807, 2.05) is 0 Å². The maximum absolute atomic E-state index is 11.4. The van der Waals surface area contributed by atoms with Crippen molar-refractivity contribution in [1.82, 2.24) is 4.98 Å². The van der Waals surface area contributed by atoms with Crippen LogP contribution in [-0.2, 0) is 0 Å². The van der Waals surface area contributed by atoms with Gasteiger partial charge in [-0.2, -0.15) is 0 Å². The van der Waals surface area contributed by atoms with Crippen LogP contribution in [0.5, 0.6) is 0 Å². The molecule has 0 aliphatic heterocycles. The van der Waals surface area contributed by atoms with Crippen LogP contribution in [0.25, 0.3) is 10.9 Å². The Kier molecular flexibility index (Phi) is 4.50. The van der Waals surface area contributed by atoms with Crippen molar-refractivity contribution in [3.05, 3.63) is 74.5 Å². The quantitative estimate of drug-likeness (QED) is 0.526. The lowest BCUT2D eigenvalue weighted by atomic mass is 10.2. The molecule has 130 valence electrons. The van der Waals surface area contributed by atoms with Gasteiger partial charge in [-0.1, -0.05) is 30.0 Å². The Hall–Kier alpha value is -3.53. The molecule has 0 atom stereocenters. The maximum atomic E-state index is 11.4. The first kappa shape index (κ1) is 17.3. The van der Waals surface area contributed by atoms with Gasteiger partial charge in [0.15, 0.2) is 4.90 Å². The number of hydrogen-bond acceptors (Lipinski definition) is 7. The zero-order chi connectivity index (χ0) is 18.8. The van der Waals surface area contributed by atoms with Crippen molar-refractivity contribution in [2.24, 2.45) is 0 Å². The fourth-order valence-electron chi connectivity index (χ4n) is 2.37. The Bertz CT molecular complexity index is 1030. The first-order valence-electron chi connectivity index (χ1n) is 7.10. The highest BCUT2D eigenvalue weighted by molar-refractivity contribution is 7.99. The highest BCUT2D eigenvalue weighted by atomic mass is 32.2. The lowest BCUT2D eigenvalue weighted by Crippen LogP contribution is -2.03. The number of carboxylic acid groups (broad SMARTS) is 1. The van der Waals surface area contributed by atoms with E-state index < -0.39 is 32.8 Å². The molecule has 0 aliphatic carbocycles. The van der Waals surface area contributed by atoms with Gasteiger partial charge in [-0.05, 0) is 12.1 Å². The van der Waals surface area contributed by atoms with Crippen LogP contribution < -0.4 is 0 Å². The highest BCUT2D eigenvalue weighted by Crippen LogP contribution is 2.43. The fraction of sp³-hybridized carbons (Fsp3) is 0. The van der Waals surface area contributed by atoms with E-state index in [4.69, 9.17) is 5.11 Å². The molecule has 10 heteroatoms. The van der Waals surface area contributed by atoms with Crippen molar-refractivity contribution in [3.8, 4) is 0 Å². The Balaban J connectivity index is 2.24. The molecular weight excluding hydrogens is 362 g/mol. The lowest BCUT2D eigenvalue weighted by Gasteiger charge is -2.07. The summed E-state index contributed by atoms with van der Waals surface area (Å²) in [7, 11) is 0. The summed E-state index contributed by atoms with van der Waals surface area (Å²) in [6, 6.07) is 10.3. The molecule has 9 nitrogen and oxygen atoms in total. The Morgan fingerprint density at radius 3 is 2.23 bits per heavy atom. The molecule has 0 spiro atoms. The van der Waals surface area contributed by atoms with Crippen LogP contribution in [0.2, 0.25) is 0 Å². The zero-order valence-corrected chi connectivity index (χ0v) is 13.7. The fourth-order valence-corrected chi connectivity index (χ4v) is 3.48. The molecule has 0 radical (unpaired) electrons. The molecule has 3 aromatic rings. The second-order valence-electron chi connectivity index (χ2n) is 5.10. The summed E-state index contributed by atoms with van der Waals surface area (Å²) in [5.41, 5.74) is -1.28. The standard InChI is InChI=1S/C16H9N3O6S/c20-16(21)10-7-11(18(22)23)15(12(8-10)19(24)25)26-13-5-1-3-9-4-2-6-17-14(9)13/h1-8H,(H,20,21). The van der Waals surface area contributed by atoms with Gasteiger partial charge < -0.3 is 5.11 Å². The van der Waals surface area contributed by atoms with Gasteiger partial charge in [-0.25, -0.2) is 4.79 Å². The van der Waals surface area contributed by atoms with Crippen LogP contribution in [0.15, 0.2) is 58.5 Å². The Morgan fingerprint density at radius 2 is 1.65 bits per heavy atom. The summed E-state index contributed by atoms with van der Waals surface area (Å²) < 4.78 is 0. The van der Waals surface area contributed by atoms with Gasteiger partial charge in [-0.15, -0.1) is 0 Å². The number of carboxylic acids is 1. The van der Waals surface area contributed by atoms with Crippen molar-refractivity contribution in [2.75, 3.05) is 0 Å². The summed E-state index contributed by atoms with van der Waals surface area (Å²) >= 11 is 0.809. The van der Waals surface area contributed by atoms with Gasteiger partial charge in [-0.3, -0.25) is 25.2 Å². The van der Waals surface area contributed by atoms with E-state index in [0.717, 1.165) is 29.3 Å². The summed E-state index contributed by atoms with van der Waals surface area (Å²) in [6.07, 6.45) is 1.54. The molecule has 0 fully saturated rings. The van der Waals surface area contributed by atoms with Crippen molar-refractivity contribution in [2.45, 2.75) is 9.79 Å². The third kappa shape index (κ3) is 3.17. The predicted octanol–water partition coefficient (Wildman–Crippen LogP) is 3.90. The minimum atomic E-state index is -1.49. The number of hydrogen-bond donors (Lipinski definition) is 1. The molecule has 1 N–H and O–H groups in total. The lowest BCUT2D eigenvalue weighted by molar-refractivity contribution is -0.399. The number of para-hydroxylation sites is 1. The summed E-state index contributed by atoms with van der Waals surface area (Å²) in [6.45, 7) is 0. The number of nitro benzene ring substituents is 2. The third-order valence-electron chi connectivity index (χ3n) is 3.50. The van der Waals surface area contributed by atoms with Gasteiger partial charge >= 0.3 is 5.97 Å². The van der Waals surface area contributed by atoms with Gasteiger partial charge in [0.2, 0.25) is 0 Å². The van der Waals surface area contributed by atoms with Crippen molar-refractivity contribution < 1.29 is 19.7 Å². The van der Waals surface area contributed by atoms with E-state index in [-0.39, 0.29) is 4.90 Å². The number of nitrogens with zero attached hydrogens (tertiary/aromatic N) is 3. The van der Waals surface area contributed by atoms with Gasteiger partial charge in [0.25, 0.3) is 11.4 Å². The van der Waals surface area contributed by atoms with E-state index in [2.05, 4.69) is 4.98 Å².